The van der Waals surface area contributed by atoms with Crippen molar-refractivity contribution in [3.8, 4) is 11.5 Å². The van der Waals surface area contributed by atoms with Crippen LogP contribution in [0.15, 0.2) is 24.3 Å². The van der Waals surface area contributed by atoms with Gasteiger partial charge in [0.1, 0.15) is 11.5 Å². The normalized spacial score (nSPS) is 11.6. The van der Waals surface area contributed by atoms with E-state index >= 15 is 0 Å². The lowest BCUT2D eigenvalue weighted by molar-refractivity contribution is 0.303. The Morgan fingerprint density at radius 3 is 2.38 bits per heavy atom. The lowest BCUT2D eigenvalue weighted by Gasteiger charge is -2.13. The zero-order valence-corrected chi connectivity index (χ0v) is 13.9. The SMILES string of the molecule is CCCCCCCOc1cccc(OS(=O)(=O)N(C)C)c1. The predicted molar refractivity (Wildman–Crippen MR) is 83.9 cm³/mol. The Bertz CT molecular complexity index is 514. The van der Waals surface area contributed by atoms with Crippen molar-refractivity contribution in [2.75, 3.05) is 20.7 Å². The number of unbranched alkanes of at least 4 members (excludes halogenated alkanes) is 4. The summed E-state index contributed by atoms with van der Waals surface area (Å²) >= 11 is 0. The van der Waals surface area contributed by atoms with E-state index < -0.39 is 10.3 Å². The average Bonchev–Trinajstić information content (AvgIpc) is 2.42. The number of hydrogen-bond donors (Lipinski definition) is 0. The second-order valence-electron chi connectivity index (χ2n) is 5.06. The number of ether oxygens (including phenoxy) is 1. The fourth-order valence-electron chi connectivity index (χ4n) is 1.71. The van der Waals surface area contributed by atoms with Gasteiger partial charge in [0.2, 0.25) is 0 Å². The largest absolute Gasteiger partial charge is 0.493 e. The summed E-state index contributed by atoms with van der Waals surface area (Å²) in [5.41, 5.74) is 0. The molecule has 1 aromatic carbocycles. The van der Waals surface area contributed by atoms with Crippen molar-refractivity contribution in [1.29, 1.82) is 0 Å². The molecule has 0 unspecified atom stereocenters. The van der Waals surface area contributed by atoms with Crippen LogP contribution in [-0.2, 0) is 10.3 Å². The van der Waals surface area contributed by atoms with E-state index in [2.05, 4.69) is 6.92 Å². The van der Waals surface area contributed by atoms with Gasteiger partial charge in [-0.3, -0.25) is 0 Å². The van der Waals surface area contributed by atoms with Crippen LogP contribution in [0.25, 0.3) is 0 Å². The van der Waals surface area contributed by atoms with Gasteiger partial charge in [-0.1, -0.05) is 38.7 Å². The minimum absolute atomic E-state index is 0.257. The van der Waals surface area contributed by atoms with E-state index in [1.807, 2.05) is 0 Å². The van der Waals surface area contributed by atoms with E-state index in [0.29, 0.717) is 12.4 Å². The Labute approximate surface area is 128 Å². The summed E-state index contributed by atoms with van der Waals surface area (Å²) in [6.45, 7) is 2.82. The molecule has 0 aromatic heterocycles. The van der Waals surface area contributed by atoms with Gasteiger partial charge in [-0.25, -0.2) is 0 Å². The molecule has 0 bridgehead atoms. The maximum absolute atomic E-state index is 11.6. The fourth-order valence-corrected chi connectivity index (χ4v) is 2.20. The number of nitrogens with zero attached hydrogens (tertiary/aromatic N) is 1. The standard InChI is InChI=1S/C15H25NO4S/c1-4-5-6-7-8-12-19-14-10-9-11-15(13-14)20-21(17,18)16(2)3/h9-11,13H,4-8,12H2,1-3H3. The van der Waals surface area contributed by atoms with Gasteiger partial charge in [-0.15, -0.1) is 0 Å². The molecule has 1 aromatic rings. The highest BCUT2D eigenvalue weighted by atomic mass is 32.2. The highest BCUT2D eigenvalue weighted by Gasteiger charge is 2.15. The molecule has 0 fully saturated rings. The Kier molecular flexibility index (Phi) is 7.53. The topological polar surface area (TPSA) is 55.8 Å². The van der Waals surface area contributed by atoms with Crippen molar-refractivity contribution in [2.45, 2.75) is 39.0 Å². The van der Waals surface area contributed by atoms with Gasteiger partial charge >= 0.3 is 10.3 Å². The quantitative estimate of drug-likeness (QED) is 0.622. The molecule has 6 heteroatoms. The molecule has 21 heavy (non-hydrogen) atoms. The van der Waals surface area contributed by atoms with Gasteiger partial charge in [0.15, 0.2) is 0 Å². The van der Waals surface area contributed by atoms with Gasteiger partial charge in [-0.2, -0.15) is 12.7 Å². The van der Waals surface area contributed by atoms with Gasteiger partial charge in [0.05, 0.1) is 6.61 Å². The van der Waals surface area contributed by atoms with Crippen LogP contribution in [0.3, 0.4) is 0 Å². The monoisotopic (exact) mass is 315 g/mol. The van der Waals surface area contributed by atoms with Gasteiger partial charge in [0, 0.05) is 20.2 Å². The third kappa shape index (κ3) is 6.82. The van der Waals surface area contributed by atoms with E-state index in [1.165, 1.54) is 33.4 Å². The van der Waals surface area contributed by atoms with Crippen molar-refractivity contribution >= 4 is 10.3 Å². The molecule has 0 heterocycles. The Balaban J connectivity index is 2.46. The highest BCUT2D eigenvalue weighted by molar-refractivity contribution is 7.84. The van der Waals surface area contributed by atoms with Crippen LogP contribution in [0.4, 0.5) is 0 Å². The van der Waals surface area contributed by atoms with E-state index in [1.54, 1.807) is 24.3 Å². The maximum Gasteiger partial charge on any atom is 0.384 e. The molecule has 5 nitrogen and oxygen atoms in total. The van der Waals surface area contributed by atoms with E-state index in [-0.39, 0.29) is 5.75 Å². The van der Waals surface area contributed by atoms with E-state index in [9.17, 15) is 8.42 Å². The molecule has 0 atom stereocenters. The van der Waals surface area contributed by atoms with E-state index in [4.69, 9.17) is 8.92 Å². The number of benzene rings is 1. The summed E-state index contributed by atoms with van der Waals surface area (Å²) in [4.78, 5) is 0. The maximum atomic E-state index is 11.6. The van der Waals surface area contributed by atoms with Crippen LogP contribution in [0.1, 0.15) is 39.0 Å². The average molecular weight is 315 g/mol. The minimum atomic E-state index is -3.73. The van der Waals surface area contributed by atoms with Gasteiger partial charge < -0.3 is 8.92 Å². The minimum Gasteiger partial charge on any atom is -0.493 e. The molecule has 0 aliphatic rings. The van der Waals surface area contributed by atoms with Crippen molar-refractivity contribution in [2.24, 2.45) is 0 Å². The highest BCUT2D eigenvalue weighted by Crippen LogP contribution is 2.21. The first-order valence-electron chi connectivity index (χ1n) is 7.30. The molecule has 0 N–H and O–H groups in total. The van der Waals surface area contributed by atoms with Crippen LogP contribution in [-0.4, -0.2) is 33.4 Å². The molecule has 0 aliphatic carbocycles. The first kappa shape index (κ1) is 17.8. The Morgan fingerprint density at radius 1 is 1.05 bits per heavy atom. The number of hydrogen-bond acceptors (Lipinski definition) is 4. The fraction of sp³-hybridized carbons (Fsp3) is 0.600. The molecule has 0 spiro atoms. The summed E-state index contributed by atoms with van der Waals surface area (Å²) in [6.07, 6.45) is 5.86. The first-order chi connectivity index (χ1) is 9.95. The second-order valence-corrected chi connectivity index (χ2v) is 6.81. The smallest absolute Gasteiger partial charge is 0.384 e. The zero-order chi connectivity index (χ0) is 15.7. The van der Waals surface area contributed by atoms with Crippen molar-refractivity contribution < 1.29 is 17.3 Å². The van der Waals surface area contributed by atoms with E-state index in [0.717, 1.165) is 17.1 Å². The first-order valence-corrected chi connectivity index (χ1v) is 8.67. The van der Waals surface area contributed by atoms with Crippen LogP contribution in [0.5, 0.6) is 11.5 Å². The summed E-state index contributed by atoms with van der Waals surface area (Å²) in [7, 11) is -0.880. The molecular weight excluding hydrogens is 290 g/mol. The van der Waals surface area contributed by atoms with Crippen molar-refractivity contribution in [3.05, 3.63) is 24.3 Å². The molecule has 0 amide bonds. The zero-order valence-electron chi connectivity index (χ0n) is 13.0. The number of rotatable bonds is 10. The molecule has 0 saturated heterocycles. The molecular formula is C15H25NO4S. The van der Waals surface area contributed by atoms with Crippen LogP contribution >= 0.6 is 0 Å². The predicted octanol–water partition coefficient (Wildman–Crippen LogP) is 3.22. The molecule has 0 aliphatic heterocycles. The summed E-state index contributed by atoms with van der Waals surface area (Å²) in [5.74, 6) is 0.879. The summed E-state index contributed by atoms with van der Waals surface area (Å²) < 4.78 is 34.9. The van der Waals surface area contributed by atoms with Gasteiger partial charge in [-0.05, 0) is 18.6 Å². The third-order valence-corrected chi connectivity index (χ3v) is 4.27. The molecule has 0 saturated carbocycles. The van der Waals surface area contributed by atoms with Crippen molar-refractivity contribution in [3.63, 3.8) is 0 Å². The van der Waals surface area contributed by atoms with Gasteiger partial charge in [0.25, 0.3) is 0 Å². The van der Waals surface area contributed by atoms with Crippen molar-refractivity contribution in [1.82, 2.24) is 4.31 Å². The van der Waals surface area contributed by atoms with Crippen LogP contribution < -0.4 is 8.92 Å². The lowest BCUT2D eigenvalue weighted by atomic mass is 10.2. The lowest BCUT2D eigenvalue weighted by Crippen LogP contribution is -2.27. The Morgan fingerprint density at radius 2 is 1.71 bits per heavy atom. The van der Waals surface area contributed by atoms with Crippen LogP contribution in [0, 0.1) is 0 Å². The molecule has 0 radical (unpaired) electrons. The summed E-state index contributed by atoms with van der Waals surface area (Å²) in [6, 6.07) is 6.69. The Hall–Kier alpha value is -1.27. The molecule has 120 valence electrons. The second kappa shape index (κ2) is 8.89. The summed E-state index contributed by atoms with van der Waals surface area (Å²) in [5, 5.41) is 0. The molecule has 1 rings (SSSR count). The third-order valence-electron chi connectivity index (χ3n) is 2.97. The van der Waals surface area contributed by atoms with Crippen LogP contribution in [0.2, 0.25) is 0 Å².